The van der Waals surface area contributed by atoms with Crippen molar-refractivity contribution in [3.8, 4) is 5.75 Å². The molecular formula is C23H28N2O3. The zero-order valence-electron chi connectivity index (χ0n) is 16.8. The highest BCUT2D eigenvalue weighted by Crippen LogP contribution is 2.31. The van der Waals surface area contributed by atoms with Gasteiger partial charge in [-0.25, -0.2) is 0 Å². The molecular weight excluding hydrogens is 352 g/mol. The van der Waals surface area contributed by atoms with E-state index < -0.39 is 5.54 Å². The van der Waals surface area contributed by atoms with Gasteiger partial charge in [0.2, 0.25) is 5.91 Å². The van der Waals surface area contributed by atoms with Gasteiger partial charge >= 0.3 is 0 Å². The van der Waals surface area contributed by atoms with E-state index in [4.69, 9.17) is 4.74 Å². The number of ether oxygens (including phenoxy) is 1. The van der Waals surface area contributed by atoms with E-state index in [1.807, 2.05) is 55.5 Å². The van der Waals surface area contributed by atoms with Crippen LogP contribution in [0.2, 0.25) is 0 Å². The van der Waals surface area contributed by atoms with Gasteiger partial charge in [-0.3, -0.25) is 9.59 Å². The number of unbranched alkanes of at least 4 members (excludes halogenated alkanes) is 1. The van der Waals surface area contributed by atoms with Crippen LogP contribution in [-0.4, -0.2) is 35.9 Å². The van der Waals surface area contributed by atoms with Gasteiger partial charge in [0.15, 0.2) is 0 Å². The van der Waals surface area contributed by atoms with Crippen molar-refractivity contribution in [2.24, 2.45) is 0 Å². The summed E-state index contributed by atoms with van der Waals surface area (Å²) in [5.74, 6) is 0.563. The average Bonchev–Trinajstić information content (AvgIpc) is 2.72. The fourth-order valence-corrected chi connectivity index (χ4v) is 3.74. The van der Waals surface area contributed by atoms with Gasteiger partial charge in [-0.05, 0) is 42.7 Å². The molecule has 2 aromatic carbocycles. The number of hydrogen-bond donors (Lipinski definition) is 1. The summed E-state index contributed by atoms with van der Waals surface area (Å²) in [6.45, 7) is 4.93. The van der Waals surface area contributed by atoms with Crippen LogP contribution in [0.15, 0.2) is 48.5 Å². The van der Waals surface area contributed by atoms with Crippen LogP contribution >= 0.6 is 0 Å². The van der Waals surface area contributed by atoms with Gasteiger partial charge in [-0.1, -0.05) is 43.7 Å². The molecule has 1 aliphatic heterocycles. The first-order valence-corrected chi connectivity index (χ1v) is 9.80. The molecule has 1 atom stereocenters. The molecule has 5 heteroatoms. The fourth-order valence-electron chi connectivity index (χ4n) is 3.74. The molecule has 1 aliphatic rings. The average molecular weight is 380 g/mol. The van der Waals surface area contributed by atoms with Gasteiger partial charge in [0.05, 0.1) is 7.11 Å². The summed E-state index contributed by atoms with van der Waals surface area (Å²) >= 11 is 0. The molecule has 0 aliphatic carbocycles. The molecule has 3 rings (SSSR count). The molecule has 0 saturated heterocycles. The molecule has 0 radical (unpaired) electrons. The third-order valence-corrected chi connectivity index (χ3v) is 5.43. The second-order valence-electron chi connectivity index (χ2n) is 7.45. The van der Waals surface area contributed by atoms with Crippen LogP contribution in [0.1, 0.15) is 48.2 Å². The molecule has 1 N–H and O–H groups in total. The molecule has 0 unspecified atom stereocenters. The lowest BCUT2D eigenvalue weighted by Gasteiger charge is -2.44. The van der Waals surface area contributed by atoms with Crippen molar-refractivity contribution in [3.63, 3.8) is 0 Å². The predicted molar refractivity (Wildman–Crippen MR) is 109 cm³/mol. The maximum Gasteiger partial charge on any atom is 0.255 e. The van der Waals surface area contributed by atoms with E-state index in [-0.39, 0.29) is 11.8 Å². The first-order chi connectivity index (χ1) is 13.5. The maximum atomic E-state index is 13.2. The lowest BCUT2D eigenvalue weighted by Crippen LogP contribution is -2.62. The Morgan fingerprint density at radius 1 is 1.21 bits per heavy atom. The summed E-state index contributed by atoms with van der Waals surface area (Å²) in [6, 6.07) is 15.2. The van der Waals surface area contributed by atoms with Crippen LogP contribution in [0, 0.1) is 0 Å². The zero-order valence-corrected chi connectivity index (χ0v) is 16.8. The Kier molecular flexibility index (Phi) is 6.02. The number of carbonyl (C=O) groups excluding carboxylic acids is 2. The standard InChI is InChI=1S/C23H28N2O3/c1-4-5-13-25-21(26)20-12-7-6-10-18(20)15-23(25,2)22(27)24-16-17-9-8-11-19(14-17)28-3/h6-12,14H,4-5,13,15-16H2,1-3H3,(H,24,27)/t23-/m0/s1. The number of benzene rings is 2. The number of nitrogens with zero attached hydrogens (tertiary/aromatic N) is 1. The van der Waals surface area contributed by atoms with Gasteiger partial charge in [0.25, 0.3) is 5.91 Å². The van der Waals surface area contributed by atoms with Crippen molar-refractivity contribution >= 4 is 11.8 Å². The lowest BCUT2D eigenvalue weighted by molar-refractivity contribution is -0.131. The van der Waals surface area contributed by atoms with Crippen LogP contribution in [0.25, 0.3) is 0 Å². The van der Waals surface area contributed by atoms with E-state index in [0.29, 0.717) is 25.1 Å². The highest BCUT2D eigenvalue weighted by molar-refractivity contribution is 6.02. The molecule has 2 aromatic rings. The summed E-state index contributed by atoms with van der Waals surface area (Å²) in [7, 11) is 1.62. The molecule has 148 valence electrons. The number of fused-ring (bicyclic) bond motifs is 1. The molecule has 0 bridgehead atoms. The van der Waals surface area contributed by atoms with Crippen LogP contribution in [0.5, 0.6) is 5.75 Å². The van der Waals surface area contributed by atoms with Crippen molar-refractivity contribution in [1.82, 2.24) is 10.2 Å². The molecule has 0 saturated carbocycles. The van der Waals surface area contributed by atoms with E-state index in [0.717, 1.165) is 29.7 Å². The molecule has 0 spiro atoms. The first kappa shape index (κ1) is 19.9. The Hall–Kier alpha value is -2.82. The van der Waals surface area contributed by atoms with E-state index >= 15 is 0 Å². The quantitative estimate of drug-likeness (QED) is 0.799. The van der Waals surface area contributed by atoms with Gasteiger partial charge in [-0.15, -0.1) is 0 Å². The summed E-state index contributed by atoms with van der Waals surface area (Å²) in [4.78, 5) is 28.1. The number of nitrogens with one attached hydrogen (secondary N) is 1. The van der Waals surface area contributed by atoms with E-state index in [2.05, 4.69) is 12.2 Å². The van der Waals surface area contributed by atoms with E-state index in [1.165, 1.54) is 0 Å². The molecule has 0 fully saturated rings. The highest BCUT2D eigenvalue weighted by atomic mass is 16.5. The van der Waals surface area contributed by atoms with Crippen LogP contribution in [0.4, 0.5) is 0 Å². The van der Waals surface area contributed by atoms with Gasteiger partial charge in [0.1, 0.15) is 11.3 Å². The van der Waals surface area contributed by atoms with Gasteiger partial charge < -0.3 is 15.0 Å². The number of methoxy groups -OCH3 is 1. The molecule has 28 heavy (non-hydrogen) atoms. The lowest BCUT2D eigenvalue weighted by atomic mass is 9.82. The zero-order chi connectivity index (χ0) is 20.1. The third-order valence-electron chi connectivity index (χ3n) is 5.43. The van der Waals surface area contributed by atoms with E-state index in [9.17, 15) is 9.59 Å². The van der Waals surface area contributed by atoms with Gasteiger partial charge in [0, 0.05) is 25.1 Å². The maximum absolute atomic E-state index is 13.2. The number of hydrogen-bond acceptors (Lipinski definition) is 3. The van der Waals surface area contributed by atoms with Crippen molar-refractivity contribution in [2.45, 2.75) is 45.2 Å². The Balaban J connectivity index is 1.83. The monoisotopic (exact) mass is 380 g/mol. The smallest absolute Gasteiger partial charge is 0.255 e. The minimum absolute atomic E-state index is 0.0608. The highest BCUT2D eigenvalue weighted by Gasteiger charge is 2.46. The first-order valence-electron chi connectivity index (χ1n) is 9.80. The van der Waals surface area contributed by atoms with Crippen LogP contribution in [-0.2, 0) is 17.8 Å². The van der Waals surface area contributed by atoms with Crippen LogP contribution in [0.3, 0.4) is 0 Å². The fraction of sp³-hybridized carbons (Fsp3) is 0.391. The molecule has 5 nitrogen and oxygen atoms in total. The van der Waals surface area contributed by atoms with Crippen molar-refractivity contribution in [2.75, 3.05) is 13.7 Å². The number of rotatable bonds is 7. The van der Waals surface area contributed by atoms with Gasteiger partial charge in [-0.2, -0.15) is 0 Å². The Morgan fingerprint density at radius 3 is 2.75 bits per heavy atom. The second-order valence-corrected chi connectivity index (χ2v) is 7.45. The SMILES string of the molecule is CCCCN1C(=O)c2ccccc2C[C@@]1(C)C(=O)NCc1cccc(OC)c1. The number of amides is 2. The van der Waals surface area contributed by atoms with Crippen molar-refractivity contribution in [3.05, 3.63) is 65.2 Å². The Morgan fingerprint density at radius 2 is 2.00 bits per heavy atom. The minimum Gasteiger partial charge on any atom is -0.497 e. The van der Waals surface area contributed by atoms with E-state index in [1.54, 1.807) is 12.0 Å². The summed E-state index contributed by atoms with van der Waals surface area (Å²) < 4.78 is 5.25. The molecule has 0 aromatic heterocycles. The Labute approximate surface area is 166 Å². The summed E-state index contributed by atoms with van der Waals surface area (Å²) in [5.41, 5.74) is 1.69. The van der Waals surface area contributed by atoms with Crippen molar-refractivity contribution < 1.29 is 14.3 Å². The second kappa shape index (κ2) is 8.46. The Bertz CT molecular complexity index is 864. The third kappa shape index (κ3) is 3.88. The normalized spacial score (nSPS) is 18.5. The summed E-state index contributed by atoms with van der Waals surface area (Å²) in [5, 5.41) is 3.03. The predicted octanol–water partition coefficient (Wildman–Crippen LogP) is 3.57. The van der Waals surface area contributed by atoms with Crippen molar-refractivity contribution in [1.29, 1.82) is 0 Å². The molecule has 1 heterocycles. The largest absolute Gasteiger partial charge is 0.497 e. The minimum atomic E-state index is -0.903. The molecule has 2 amide bonds. The van der Waals surface area contributed by atoms with Crippen LogP contribution < -0.4 is 10.1 Å². The summed E-state index contributed by atoms with van der Waals surface area (Å²) in [6.07, 6.45) is 2.35. The topological polar surface area (TPSA) is 58.6 Å². The number of carbonyl (C=O) groups is 2.